The molecule has 4 nitrogen and oxygen atoms in total. The maximum atomic E-state index is 5.54. The van der Waals surface area contributed by atoms with Gasteiger partial charge in [0.2, 0.25) is 0 Å². The Morgan fingerprint density at radius 2 is 0.924 bits per heavy atom. The Morgan fingerprint density at radius 3 is 1.67 bits per heavy atom. The van der Waals surface area contributed by atoms with Crippen LogP contribution in [0.15, 0.2) is 224 Å². The third-order valence-electron chi connectivity index (χ3n) is 13.5. The smallest absolute Gasteiger partial charge is 0.160 e. The second kappa shape index (κ2) is 15.3. The van der Waals surface area contributed by atoms with E-state index in [0.717, 1.165) is 73.4 Å². The molecule has 0 saturated carbocycles. The highest BCUT2D eigenvalue weighted by Crippen LogP contribution is 2.44. The summed E-state index contributed by atoms with van der Waals surface area (Å²) < 4.78 is 4.94. The van der Waals surface area contributed by atoms with Gasteiger partial charge in [-0.05, 0) is 82.2 Å². The molecule has 0 aliphatic carbocycles. The molecule has 310 valence electrons. The lowest BCUT2D eigenvalue weighted by atomic mass is 9.95. The molecule has 0 radical (unpaired) electrons. The summed E-state index contributed by atoms with van der Waals surface area (Å²) >= 11 is 0. The van der Waals surface area contributed by atoms with Crippen molar-refractivity contribution < 1.29 is 0 Å². The Morgan fingerprint density at radius 1 is 0.348 bits per heavy atom. The first-order chi connectivity index (χ1) is 32.7. The van der Waals surface area contributed by atoms with Gasteiger partial charge in [-0.2, -0.15) is 0 Å². The third kappa shape index (κ3) is 5.99. The summed E-state index contributed by atoms with van der Waals surface area (Å²) in [5.41, 5.74) is 15.4. The molecule has 0 saturated heterocycles. The molecular formula is C62H42N4. The molecular weight excluding hydrogens is 801 g/mol. The SMILES string of the molecule is CCc1c(-c2ccccc2)nc(-c2ccc(-c3ccccc3)cc2)nc1-c1cc(-n2c3ccccc3c3cc4c5c6ccccc6ccc5n(-c5ccccc5)c4cc32)c2ccccc2c1. The average Bonchev–Trinajstić information content (AvgIpc) is 3.90. The van der Waals surface area contributed by atoms with E-state index in [2.05, 4.69) is 241 Å². The van der Waals surface area contributed by atoms with E-state index in [1.165, 1.54) is 54.3 Å². The zero-order valence-electron chi connectivity index (χ0n) is 36.4. The zero-order chi connectivity index (χ0) is 43.7. The quantitative estimate of drug-likeness (QED) is 0.160. The molecule has 0 aliphatic heterocycles. The van der Waals surface area contributed by atoms with Crippen molar-refractivity contribution in [1.29, 1.82) is 0 Å². The lowest BCUT2D eigenvalue weighted by Gasteiger charge is -2.18. The van der Waals surface area contributed by atoms with Gasteiger partial charge in [-0.3, -0.25) is 0 Å². The van der Waals surface area contributed by atoms with Crippen LogP contribution in [0.1, 0.15) is 12.5 Å². The maximum absolute atomic E-state index is 5.54. The van der Waals surface area contributed by atoms with Crippen LogP contribution in [-0.4, -0.2) is 19.1 Å². The van der Waals surface area contributed by atoms with E-state index in [1.807, 2.05) is 0 Å². The molecule has 10 aromatic carbocycles. The van der Waals surface area contributed by atoms with Gasteiger partial charge in [-0.15, -0.1) is 0 Å². The first-order valence-corrected chi connectivity index (χ1v) is 22.8. The molecule has 3 aromatic heterocycles. The lowest BCUT2D eigenvalue weighted by Crippen LogP contribution is -2.04. The highest BCUT2D eigenvalue weighted by molar-refractivity contribution is 6.25. The number of para-hydroxylation sites is 2. The van der Waals surface area contributed by atoms with E-state index in [-0.39, 0.29) is 0 Å². The summed E-state index contributed by atoms with van der Waals surface area (Å²) in [5.74, 6) is 0.705. The standard InChI is InChI=1S/C62H42N4/c1-2-48-60(43-21-8-4-9-22-43)63-62(44-32-30-41(31-33-44)40-18-6-3-7-19-40)64-61(48)46-36-45-23-13-14-26-49(45)56(37-46)66-54-29-17-16-28-51(54)52-38-53-58(39-57(52)66)65(47-24-10-5-11-25-47)55-35-34-42-20-12-15-27-50(42)59(53)55/h3-39H,2H2,1H3. The summed E-state index contributed by atoms with van der Waals surface area (Å²) in [6, 6.07) is 81.1. The third-order valence-corrected chi connectivity index (χ3v) is 13.5. The molecule has 0 unspecified atom stereocenters. The Labute approximate surface area is 382 Å². The first kappa shape index (κ1) is 37.9. The summed E-state index contributed by atoms with van der Waals surface area (Å²) in [6.45, 7) is 2.22. The van der Waals surface area contributed by atoms with Crippen molar-refractivity contribution in [2.75, 3.05) is 0 Å². The molecule has 0 aliphatic rings. The van der Waals surface area contributed by atoms with Crippen molar-refractivity contribution >= 4 is 65.2 Å². The van der Waals surface area contributed by atoms with E-state index in [9.17, 15) is 0 Å². The molecule has 0 spiro atoms. The molecule has 3 heterocycles. The number of nitrogens with zero attached hydrogens (tertiary/aromatic N) is 4. The largest absolute Gasteiger partial charge is 0.309 e. The van der Waals surface area contributed by atoms with Crippen molar-refractivity contribution in [3.8, 4) is 56.4 Å². The topological polar surface area (TPSA) is 35.6 Å². The fourth-order valence-electron chi connectivity index (χ4n) is 10.4. The van der Waals surface area contributed by atoms with Crippen molar-refractivity contribution in [3.05, 3.63) is 230 Å². The van der Waals surface area contributed by atoms with E-state index < -0.39 is 0 Å². The summed E-state index contributed by atoms with van der Waals surface area (Å²) in [5, 5.41) is 9.77. The van der Waals surface area contributed by atoms with Gasteiger partial charge < -0.3 is 9.13 Å². The molecule has 0 fully saturated rings. The Hall–Kier alpha value is -8.60. The van der Waals surface area contributed by atoms with Gasteiger partial charge in [0.1, 0.15) is 0 Å². The van der Waals surface area contributed by atoms with Crippen LogP contribution < -0.4 is 0 Å². The highest BCUT2D eigenvalue weighted by Gasteiger charge is 2.23. The Bertz CT molecular complexity index is 4000. The first-order valence-electron chi connectivity index (χ1n) is 22.8. The van der Waals surface area contributed by atoms with Gasteiger partial charge in [0.05, 0.1) is 39.1 Å². The minimum atomic E-state index is 0.705. The number of hydrogen-bond donors (Lipinski definition) is 0. The molecule has 0 atom stereocenters. The highest BCUT2D eigenvalue weighted by atomic mass is 15.0. The zero-order valence-corrected chi connectivity index (χ0v) is 36.4. The molecule has 0 N–H and O–H groups in total. The van der Waals surface area contributed by atoms with Crippen molar-refractivity contribution in [3.63, 3.8) is 0 Å². The Balaban J connectivity index is 1.10. The summed E-state index contributed by atoms with van der Waals surface area (Å²) in [4.78, 5) is 10.9. The van der Waals surface area contributed by atoms with Crippen LogP contribution >= 0.6 is 0 Å². The predicted molar refractivity (Wildman–Crippen MR) is 277 cm³/mol. The van der Waals surface area contributed by atoms with E-state index in [0.29, 0.717) is 5.82 Å². The van der Waals surface area contributed by atoms with Gasteiger partial charge >= 0.3 is 0 Å². The molecule has 13 rings (SSSR count). The summed E-state index contributed by atoms with van der Waals surface area (Å²) in [7, 11) is 0. The molecule has 4 heteroatoms. The van der Waals surface area contributed by atoms with Gasteiger partial charge in [0.15, 0.2) is 5.82 Å². The minimum absolute atomic E-state index is 0.705. The second-order valence-electron chi connectivity index (χ2n) is 17.2. The van der Waals surface area contributed by atoms with Crippen LogP contribution in [0.25, 0.3) is 122 Å². The van der Waals surface area contributed by atoms with Crippen LogP contribution in [0.4, 0.5) is 0 Å². The number of fused-ring (bicyclic) bond motifs is 9. The van der Waals surface area contributed by atoms with Crippen LogP contribution in [0.2, 0.25) is 0 Å². The van der Waals surface area contributed by atoms with Crippen molar-refractivity contribution in [1.82, 2.24) is 19.1 Å². The van der Waals surface area contributed by atoms with Gasteiger partial charge in [0, 0.05) is 54.9 Å². The number of hydrogen-bond acceptors (Lipinski definition) is 2. The average molecular weight is 843 g/mol. The fourth-order valence-corrected chi connectivity index (χ4v) is 10.4. The number of benzene rings is 10. The number of aromatic nitrogens is 4. The predicted octanol–water partition coefficient (Wildman–Crippen LogP) is 16.2. The lowest BCUT2D eigenvalue weighted by molar-refractivity contribution is 1.06. The molecule has 66 heavy (non-hydrogen) atoms. The van der Waals surface area contributed by atoms with Gasteiger partial charge in [0.25, 0.3) is 0 Å². The maximum Gasteiger partial charge on any atom is 0.160 e. The van der Waals surface area contributed by atoms with Gasteiger partial charge in [-0.25, -0.2) is 9.97 Å². The van der Waals surface area contributed by atoms with Crippen molar-refractivity contribution in [2.24, 2.45) is 0 Å². The Kier molecular flexibility index (Phi) is 8.78. The summed E-state index contributed by atoms with van der Waals surface area (Å²) in [6.07, 6.45) is 0.765. The van der Waals surface area contributed by atoms with Crippen LogP contribution in [0.5, 0.6) is 0 Å². The molecule has 0 bridgehead atoms. The van der Waals surface area contributed by atoms with Crippen LogP contribution in [0.3, 0.4) is 0 Å². The normalized spacial score (nSPS) is 11.8. The van der Waals surface area contributed by atoms with Crippen molar-refractivity contribution in [2.45, 2.75) is 13.3 Å². The number of rotatable bonds is 7. The van der Waals surface area contributed by atoms with Crippen LogP contribution in [-0.2, 0) is 6.42 Å². The molecule has 0 amide bonds. The monoisotopic (exact) mass is 842 g/mol. The molecule has 13 aromatic rings. The fraction of sp³-hybridized carbons (Fsp3) is 0.0323. The minimum Gasteiger partial charge on any atom is -0.309 e. The van der Waals surface area contributed by atoms with Crippen LogP contribution in [0, 0.1) is 0 Å². The van der Waals surface area contributed by atoms with E-state index >= 15 is 0 Å². The van der Waals surface area contributed by atoms with E-state index in [4.69, 9.17) is 9.97 Å². The second-order valence-corrected chi connectivity index (χ2v) is 17.2. The van der Waals surface area contributed by atoms with E-state index in [1.54, 1.807) is 0 Å². The van der Waals surface area contributed by atoms with Gasteiger partial charge in [-0.1, -0.05) is 183 Å².